The van der Waals surface area contributed by atoms with Gasteiger partial charge in [-0.05, 0) is 55.5 Å². The van der Waals surface area contributed by atoms with E-state index < -0.39 is 16.1 Å². The molecule has 32 heavy (non-hydrogen) atoms. The number of likely N-dealkylation sites (tertiary alicyclic amines) is 1. The Balaban J connectivity index is 1.86. The summed E-state index contributed by atoms with van der Waals surface area (Å²) in [6.07, 6.45) is 3.74. The van der Waals surface area contributed by atoms with Crippen molar-refractivity contribution in [2.24, 2.45) is 5.92 Å². The number of methoxy groups -OCH3 is 1. The molecule has 0 saturated carbocycles. The molecule has 8 nitrogen and oxygen atoms in total. The zero-order valence-electron chi connectivity index (χ0n) is 18.1. The minimum absolute atomic E-state index is 0.0434. The van der Waals surface area contributed by atoms with Crippen LogP contribution in [-0.2, 0) is 21.4 Å². The molecule has 2 aromatic rings. The van der Waals surface area contributed by atoms with E-state index in [1.165, 1.54) is 13.2 Å². The zero-order chi connectivity index (χ0) is 23.3. The zero-order valence-corrected chi connectivity index (χ0v) is 20.5. The number of rotatable bonds is 8. The molecule has 1 aromatic heterocycles. The van der Waals surface area contributed by atoms with E-state index in [0.29, 0.717) is 35.7 Å². The molecule has 0 spiro atoms. The van der Waals surface area contributed by atoms with Crippen LogP contribution in [0.4, 0.5) is 0 Å². The van der Waals surface area contributed by atoms with Gasteiger partial charge in [-0.2, -0.15) is 9.98 Å². The summed E-state index contributed by atoms with van der Waals surface area (Å²) in [5, 5.41) is 9.25. The molecule has 172 valence electrons. The highest BCUT2D eigenvalue weighted by Gasteiger charge is 2.32. The number of nitriles is 1. The molecular weight excluding hydrogens is 496 g/mol. The number of aromatic nitrogens is 1. The van der Waals surface area contributed by atoms with Crippen molar-refractivity contribution in [3.63, 3.8) is 0 Å². The Kier molecular flexibility index (Phi) is 7.98. The van der Waals surface area contributed by atoms with Gasteiger partial charge < -0.3 is 14.2 Å². The predicted molar refractivity (Wildman–Crippen MR) is 124 cm³/mol. The van der Waals surface area contributed by atoms with Gasteiger partial charge in [0.25, 0.3) is 0 Å². The van der Waals surface area contributed by atoms with Gasteiger partial charge >= 0.3 is 0 Å². The lowest BCUT2D eigenvalue weighted by Crippen LogP contribution is -2.51. The van der Waals surface area contributed by atoms with Gasteiger partial charge in [0, 0.05) is 30.3 Å². The van der Waals surface area contributed by atoms with Gasteiger partial charge in [0.1, 0.15) is 28.4 Å². The standard InChI is InChI=1S/C22H27BrN4O4S/c1-16-7-11-27(12-8-16)22(28)19(9-13-26-10-3-4-18(26)15-24)25-32(29,30)21-14-17(23)5-6-20(21)31-2/h3-6,10,14,16,19,25H,7-9,11-13H2,1-2H3. The fourth-order valence-corrected chi connectivity index (χ4v) is 5.70. The number of piperidine rings is 1. The molecule has 10 heteroatoms. The Morgan fingerprint density at radius 1 is 1.34 bits per heavy atom. The van der Waals surface area contributed by atoms with Crippen LogP contribution in [0.3, 0.4) is 0 Å². The fraction of sp³-hybridized carbons (Fsp3) is 0.455. The summed E-state index contributed by atoms with van der Waals surface area (Å²) >= 11 is 3.30. The van der Waals surface area contributed by atoms with Crippen molar-refractivity contribution >= 4 is 31.9 Å². The highest BCUT2D eigenvalue weighted by molar-refractivity contribution is 9.10. The normalized spacial score (nSPS) is 15.9. The van der Waals surface area contributed by atoms with Crippen molar-refractivity contribution < 1.29 is 17.9 Å². The SMILES string of the molecule is COc1ccc(Br)cc1S(=O)(=O)NC(CCn1cccc1C#N)C(=O)N1CCC(C)CC1. The third-order valence-electron chi connectivity index (χ3n) is 5.71. The third kappa shape index (κ3) is 5.71. The van der Waals surface area contributed by atoms with Crippen LogP contribution in [0, 0.1) is 17.2 Å². The monoisotopic (exact) mass is 522 g/mol. The maximum atomic E-state index is 13.3. The Morgan fingerprint density at radius 2 is 2.06 bits per heavy atom. The lowest BCUT2D eigenvalue weighted by atomic mass is 9.98. The number of hydrogen-bond donors (Lipinski definition) is 1. The third-order valence-corrected chi connectivity index (χ3v) is 7.69. The van der Waals surface area contributed by atoms with E-state index in [2.05, 4.69) is 33.6 Å². The second kappa shape index (κ2) is 10.5. The molecule has 1 aliphatic heterocycles. The molecule has 3 rings (SSSR count). The van der Waals surface area contributed by atoms with Gasteiger partial charge in [-0.15, -0.1) is 0 Å². The molecule has 1 N–H and O–H groups in total. The minimum atomic E-state index is -4.05. The molecule has 1 fully saturated rings. The first kappa shape index (κ1) is 24.3. The van der Waals surface area contributed by atoms with Crippen molar-refractivity contribution in [3.8, 4) is 11.8 Å². The molecule has 0 radical (unpaired) electrons. The molecule has 1 amide bonds. The predicted octanol–water partition coefficient (Wildman–Crippen LogP) is 3.13. The number of ether oxygens (including phenoxy) is 1. The smallest absolute Gasteiger partial charge is 0.245 e. The lowest BCUT2D eigenvalue weighted by molar-refractivity contribution is -0.134. The summed E-state index contributed by atoms with van der Waals surface area (Å²) in [5.74, 6) is 0.481. The topological polar surface area (TPSA) is 104 Å². The Morgan fingerprint density at radius 3 is 2.72 bits per heavy atom. The average Bonchev–Trinajstić information content (AvgIpc) is 3.24. The molecule has 1 saturated heterocycles. The molecule has 1 aromatic carbocycles. The molecule has 1 aliphatic rings. The van der Waals surface area contributed by atoms with E-state index >= 15 is 0 Å². The summed E-state index contributed by atoms with van der Waals surface area (Å²) in [7, 11) is -2.65. The van der Waals surface area contributed by atoms with Crippen LogP contribution in [0.25, 0.3) is 0 Å². The number of halogens is 1. The van der Waals surface area contributed by atoms with Crippen LogP contribution < -0.4 is 9.46 Å². The summed E-state index contributed by atoms with van der Waals surface area (Å²) in [5.41, 5.74) is 0.458. The number of nitrogens with zero attached hydrogens (tertiary/aromatic N) is 3. The summed E-state index contributed by atoms with van der Waals surface area (Å²) in [6, 6.07) is 9.25. The van der Waals surface area contributed by atoms with E-state index in [4.69, 9.17) is 4.74 Å². The first-order valence-corrected chi connectivity index (χ1v) is 12.7. The molecule has 0 aliphatic carbocycles. The Labute approximate surface area is 197 Å². The lowest BCUT2D eigenvalue weighted by Gasteiger charge is -2.33. The molecule has 0 bridgehead atoms. The number of carbonyl (C=O) groups excluding carboxylic acids is 1. The van der Waals surface area contributed by atoms with Gasteiger partial charge in [0.15, 0.2) is 0 Å². The maximum absolute atomic E-state index is 13.3. The van der Waals surface area contributed by atoms with Crippen LogP contribution in [0.5, 0.6) is 5.75 Å². The van der Waals surface area contributed by atoms with Crippen molar-refractivity contribution in [1.29, 1.82) is 5.26 Å². The van der Waals surface area contributed by atoms with E-state index in [0.717, 1.165) is 12.8 Å². The van der Waals surface area contributed by atoms with Crippen molar-refractivity contribution in [1.82, 2.24) is 14.2 Å². The van der Waals surface area contributed by atoms with Gasteiger partial charge in [0.05, 0.1) is 7.11 Å². The van der Waals surface area contributed by atoms with Crippen molar-refractivity contribution in [2.45, 2.75) is 43.7 Å². The number of hydrogen-bond acceptors (Lipinski definition) is 5. The Bertz CT molecular complexity index is 1100. The minimum Gasteiger partial charge on any atom is -0.495 e. The molecular formula is C22H27BrN4O4S. The van der Waals surface area contributed by atoms with Gasteiger partial charge in [0.2, 0.25) is 15.9 Å². The largest absolute Gasteiger partial charge is 0.495 e. The first-order valence-electron chi connectivity index (χ1n) is 10.4. The van der Waals surface area contributed by atoms with Gasteiger partial charge in [-0.1, -0.05) is 22.9 Å². The van der Waals surface area contributed by atoms with E-state index in [-0.39, 0.29) is 23.0 Å². The number of amides is 1. The van der Waals surface area contributed by atoms with E-state index in [1.807, 2.05) is 0 Å². The number of carbonyl (C=O) groups is 1. The quantitative estimate of drug-likeness (QED) is 0.573. The van der Waals surface area contributed by atoms with Crippen LogP contribution >= 0.6 is 15.9 Å². The van der Waals surface area contributed by atoms with Crippen LogP contribution in [0.15, 0.2) is 45.9 Å². The molecule has 1 atom stereocenters. The maximum Gasteiger partial charge on any atom is 0.245 e. The number of sulfonamides is 1. The number of aryl methyl sites for hydroxylation is 1. The van der Waals surface area contributed by atoms with Gasteiger partial charge in [-0.3, -0.25) is 4.79 Å². The highest BCUT2D eigenvalue weighted by atomic mass is 79.9. The van der Waals surface area contributed by atoms with E-state index in [9.17, 15) is 18.5 Å². The number of nitrogens with one attached hydrogen (secondary N) is 1. The highest BCUT2D eigenvalue weighted by Crippen LogP contribution is 2.28. The van der Waals surface area contributed by atoms with Gasteiger partial charge in [-0.25, -0.2) is 8.42 Å². The van der Waals surface area contributed by atoms with Crippen molar-refractivity contribution in [2.75, 3.05) is 20.2 Å². The second-order valence-corrected chi connectivity index (χ2v) is 10.6. The molecule has 1 unspecified atom stereocenters. The Hall–Kier alpha value is -2.35. The van der Waals surface area contributed by atoms with E-state index in [1.54, 1.807) is 39.9 Å². The average molecular weight is 523 g/mol. The first-order chi connectivity index (χ1) is 15.2. The second-order valence-electron chi connectivity index (χ2n) is 7.96. The number of benzene rings is 1. The van der Waals surface area contributed by atoms with Crippen molar-refractivity contribution in [3.05, 3.63) is 46.7 Å². The van der Waals surface area contributed by atoms with Crippen LogP contribution in [0.2, 0.25) is 0 Å². The summed E-state index contributed by atoms with van der Waals surface area (Å²) in [6.45, 7) is 3.68. The molecule has 2 heterocycles. The fourth-order valence-electron chi connectivity index (χ4n) is 3.77. The van der Waals surface area contributed by atoms with Crippen LogP contribution in [-0.4, -0.2) is 50.0 Å². The van der Waals surface area contributed by atoms with Crippen LogP contribution in [0.1, 0.15) is 31.9 Å². The summed E-state index contributed by atoms with van der Waals surface area (Å²) in [4.78, 5) is 15.0. The summed E-state index contributed by atoms with van der Waals surface area (Å²) < 4.78 is 36.6.